The smallest absolute Gasteiger partial charge is 0.271 e. The van der Waals surface area contributed by atoms with Gasteiger partial charge in [-0.1, -0.05) is 64.6 Å². The lowest BCUT2D eigenvalue weighted by molar-refractivity contribution is 0.0955. The van der Waals surface area contributed by atoms with Gasteiger partial charge in [-0.05, 0) is 48.0 Å². The lowest BCUT2D eigenvalue weighted by Gasteiger charge is -2.11. The lowest BCUT2D eigenvalue weighted by Crippen LogP contribution is -2.17. The van der Waals surface area contributed by atoms with Crippen molar-refractivity contribution in [3.05, 3.63) is 97.4 Å². The molecule has 0 aliphatic rings. The van der Waals surface area contributed by atoms with Crippen LogP contribution >= 0.6 is 46.4 Å². The van der Waals surface area contributed by atoms with E-state index >= 15 is 0 Å². The van der Waals surface area contributed by atoms with Gasteiger partial charge in [-0.25, -0.2) is 5.43 Å². The first-order valence-corrected chi connectivity index (χ1v) is 9.89. The molecular weight excluding hydrogens is 454 g/mol. The predicted molar refractivity (Wildman–Crippen MR) is 119 cm³/mol. The summed E-state index contributed by atoms with van der Waals surface area (Å²) in [6.45, 7) is 0.226. The predicted octanol–water partition coefficient (Wildman–Crippen LogP) is 6.64. The Morgan fingerprint density at radius 1 is 0.931 bits per heavy atom. The van der Waals surface area contributed by atoms with E-state index in [1.165, 1.54) is 6.21 Å². The molecule has 0 radical (unpaired) electrons. The van der Waals surface area contributed by atoms with Crippen LogP contribution in [0.5, 0.6) is 5.75 Å². The number of hydrogen-bond donors (Lipinski definition) is 1. The molecule has 0 atom stereocenters. The second-order valence-corrected chi connectivity index (χ2v) is 7.56. The Hall–Kier alpha value is -2.24. The summed E-state index contributed by atoms with van der Waals surface area (Å²) < 4.78 is 5.73. The van der Waals surface area contributed by atoms with E-state index in [0.717, 1.165) is 5.56 Å². The quantitative estimate of drug-likeness (QED) is 0.326. The van der Waals surface area contributed by atoms with E-state index in [4.69, 9.17) is 51.1 Å². The highest BCUT2D eigenvalue weighted by Crippen LogP contribution is 2.34. The summed E-state index contributed by atoms with van der Waals surface area (Å²) in [5, 5.41) is 5.70. The van der Waals surface area contributed by atoms with Gasteiger partial charge >= 0.3 is 0 Å². The van der Waals surface area contributed by atoms with E-state index < -0.39 is 0 Å². The molecule has 0 spiro atoms. The minimum Gasteiger partial charge on any atom is -0.486 e. The van der Waals surface area contributed by atoms with Crippen molar-refractivity contribution in [2.45, 2.75) is 6.61 Å². The van der Waals surface area contributed by atoms with E-state index in [9.17, 15) is 4.79 Å². The van der Waals surface area contributed by atoms with Gasteiger partial charge in [0.15, 0.2) is 5.75 Å². The minimum absolute atomic E-state index is 0.226. The number of halogens is 4. The average molecular weight is 468 g/mol. The van der Waals surface area contributed by atoms with Crippen LogP contribution in [0.3, 0.4) is 0 Å². The zero-order valence-electron chi connectivity index (χ0n) is 14.8. The maximum Gasteiger partial charge on any atom is 0.271 e. The van der Waals surface area contributed by atoms with Gasteiger partial charge in [-0.2, -0.15) is 5.10 Å². The molecule has 0 saturated carbocycles. The van der Waals surface area contributed by atoms with Crippen LogP contribution in [-0.4, -0.2) is 12.1 Å². The molecule has 4 nitrogen and oxygen atoms in total. The van der Waals surface area contributed by atoms with Crippen molar-refractivity contribution in [1.82, 2.24) is 5.43 Å². The van der Waals surface area contributed by atoms with Crippen LogP contribution in [0.15, 0.2) is 65.8 Å². The maximum atomic E-state index is 12.0. The number of carbonyl (C=O) groups is 1. The number of hydrazone groups is 1. The molecule has 0 aromatic heterocycles. The molecule has 0 fully saturated rings. The largest absolute Gasteiger partial charge is 0.486 e. The Balaban J connectivity index is 1.65. The standard InChI is InChI=1S/C21H14Cl4N2O2/c22-16-7-5-14(6-8-16)21(28)27-26-11-13-9-18(24)20(19(25)10-13)29-12-15-3-1-2-4-17(15)23/h1-11H,12H2,(H,27,28)/b26-11-. The number of carbonyl (C=O) groups excluding carboxylic acids is 1. The van der Waals surface area contributed by atoms with E-state index in [-0.39, 0.29) is 12.5 Å². The zero-order chi connectivity index (χ0) is 20.8. The summed E-state index contributed by atoms with van der Waals surface area (Å²) >= 11 is 24.5. The van der Waals surface area contributed by atoms with Gasteiger partial charge < -0.3 is 4.74 Å². The third-order valence-electron chi connectivity index (χ3n) is 3.84. The van der Waals surface area contributed by atoms with E-state index in [2.05, 4.69) is 10.5 Å². The van der Waals surface area contributed by atoms with Crippen LogP contribution in [0.2, 0.25) is 20.1 Å². The third-order valence-corrected chi connectivity index (χ3v) is 5.02. The molecule has 148 valence electrons. The molecular formula is C21H14Cl4N2O2. The monoisotopic (exact) mass is 466 g/mol. The SMILES string of the molecule is O=C(N/N=C\c1cc(Cl)c(OCc2ccccc2Cl)c(Cl)c1)c1ccc(Cl)cc1. The second-order valence-electron chi connectivity index (χ2n) is 5.90. The van der Waals surface area contributed by atoms with Crippen LogP contribution in [-0.2, 0) is 6.61 Å². The number of hydrogen-bond acceptors (Lipinski definition) is 3. The van der Waals surface area contributed by atoms with E-state index in [1.54, 1.807) is 42.5 Å². The molecule has 0 aliphatic heterocycles. The summed E-state index contributed by atoms with van der Waals surface area (Å²) in [7, 11) is 0. The van der Waals surface area contributed by atoms with Crippen LogP contribution < -0.4 is 10.2 Å². The molecule has 1 N–H and O–H groups in total. The van der Waals surface area contributed by atoms with Crippen molar-refractivity contribution in [1.29, 1.82) is 0 Å². The lowest BCUT2D eigenvalue weighted by atomic mass is 10.2. The van der Waals surface area contributed by atoms with Gasteiger partial charge in [0.1, 0.15) is 6.61 Å². The molecule has 29 heavy (non-hydrogen) atoms. The first-order valence-electron chi connectivity index (χ1n) is 8.38. The van der Waals surface area contributed by atoms with Crippen molar-refractivity contribution in [3.63, 3.8) is 0 Å². The van der Waals surface area contributed by atoms with Gasteiger partial charge in [-0.3, -0.25) is 4.79 Å². The first-order chi connectivity index (χ1) is 13.9. The maximum absolute atomic E-state index is 12.0. The van der Waals surface area contributed by atoms with Gasteiger partial charge in [0, 0.05) is 21.2 Å². The molecule has 8 heteroatoms. The first kappa shape index (κ1) is 21.5. The van der Waals surface area contributed by atoms with E-state index in [0.29, 0.717) is 37.0 Å². The average Bonchev–Trinajstić information content (AvgIpc) is 2.69. The van der Waals surface area contributed by atoms with Crippen molar-refractivity contribution >= 4 is 58.5 Å². The Bertz CT molecular complexity index is 1030. The van der Waals surface area contributed by atoms with Gasteiger partial charge in [-0.15, -0.1) is 0 Å². The minimum atomic E-state index is -0.366. The molecule has 0 bridgehead atoms. The van der Waals surface area contributed by atoms with Crippen molar-refractivity contribution < 1.29 is 9.53 Å². The number of nitrogens with one attached hydrogen (secondary N) is 1. The molecule has 3 rings (SSSR count). The van der Waals surface area contributed by atoms with Crippen LogP contribution in [0.4, 0.5) is 0 Å². The zero-order valence-corrected chi connectivity index (χ0v) is 17.9. The molecule has 3 aromatic carbocycles. The van der Waals surface area contributed by atoms with Gasteiger partial charge in [0.05, 0.1) is 16.3 Å². The molecule has 0 saturated heterocycles. The molecule has 3 aromatic rings. The van der Waals surface area contributed by atoms with E-state index in [1.807, 2.05) is 18.2 Å². The summed E-state index contributed by atoms with van der Waals surface area (Å²) in [5.41, 5.74) is 4.28. The fourth-order valence-electron chi connectivity index (χ4n) is 2.39. The second kappa shape index (κ2) is 9.99. The van der Waals surface area contributed by atoms with Crippen molar-refractivity contribution in [2.75, 3.05) is 0 Å². The topological polar surface area (TPSA) is 50.7 Å². The molecule has 0 heterocycles. The Labute approximate surface area is 188 Å². The van der Waals surface area contributed by atoms with Crippen LogP contribution in [0.1, 0.15) is 21.5 Å². The highest BCUT2D eigenvalue weighted by molar-refractivity contribution is 6.37. The van der Waals surface area contributed by atoms with Crippen molar-refractivity contribution in [2.24, 2.45) is 5.10 Å². The van der Waals surface area contributed by atoms with Gasteiger partial charge in [0.2, 0.25) is 0 Å². The van der Waals surface area contributed by atoms with Crippen LogP contribution in [0.25, 0.3) is 0 Å². The van der Waals surface area contributed by atoms with Gasteiger partial charge in [0.25, 0.3) is 5.91 Å². The highest BCUT2D eigenvalue weighted by Gasteiger charge is 2.11. The Morgan fingerprint density at radius 3 is 2.24 bits per heavy atom. The number of benzene rings is 3. The molecule has 1 amide bonds. The third kappa shape index (κ3) is 5.87. The molecule has 0 unspecified atom stereocenters. The Morgan fingerprint density at radius 2 is 1.59 bits per heavy atom. The number of rotatable bonds is 6. The normalized spacial score (nSPS) is 10.9. The summed E-state index contributed by atoms with van der Waals surface area (Å²) in [6.07, 6.45) is 1.43. The number of amides is 1. The summed E-state index contributed by atoms with van der Waals surface area (Å²) in [4.78, 5) is 12.0. The highest BCUT2D eigenvalue weighted by atomic mass is 35.5. The number of ether oxygens (including phenoxy) is 1. The van der Waals surface area contributed by atoms with Crippen LogP contribution in [0, 0.1) is 0 Å². The fraction of sp³-hybridized carbons (Fsp3) is 0.0476. The summed E-state index contributed by atoms with van der Waals surface area (Å²) in [5.74, 6) is -0.0228. The fourth-order valence-corrected chi connectivity index (χ4v) is 3.32. The van der Waals surface area contributed by atoms with Crippen molar-refractivity contribution in [3.8, 4) is 5.75 Å². The Kier molecular flexibility index (Phi) is 7.40. The number of nitrogens with zero attached hydrogens (tertiary/aromatic N) is 1. The summed E-state index contributed by atoms with van der Waals surface area (Å²) in [6, 6.07) is 17.1. The molecule has 0 aliphatic carbocycles.